The summed E-state index contributed by atoms with van der Waals surface area (Å²) in [7, 11) is 0. The average molecular weight is 1220 g/mol. The van der Waals surface area contributed by atoms with E-state index in [1.54, 1.807) is 0 Å². The molecule has 1 aliphatic carbocycles. The van der Waals surface area contributed by atoms with Crippen molar-refractivity contribution in [2.75, 3.05) is 26.4 Å². The van der Waals surface area contributed by atoms with E-state index in [9.17, 15) is 0 Å². The standard InChI is InChI=1S/C87H110O4/c1-11-21-25-63(17-7)59-88-79-39-29-67(30-40-79)73-51-74(68-31-41-80(42-32-68)89-60-64(18-8)26-22-12-2)54-77(53-73)71-37-47-83-84-48-38-72(58-86(84)87(49-15-5,50-16-6)85(83)57-71)78-55-75(69-33-43-81(44-34-69)90-61-65(19-9)27-23-13-3)52-76(56-78)70-35-45-82(46-36-70)91-62-66(20-10)28-24-14-4/h29-48,51-58,63-66H,11-28,49-50,59-62H2,1-10H3. The van der Waals surface area contributed by atoms with Gasteiger partial charge in [-0.2, -0.15) is 0 Å². The Morgan fingerprint density at radius 2 is 0.484 bits per heavy atom. The Balaban J connectivity index is 1.08. The Labute approximate surface area is 551 Å². The molecule has 0 aliphatic heterocycles. The molecule has 0 saturated heterocycles. The van der Waals surface area contributed by atoms with E-state index in [-0.39, 0.29) is 5.41 Å². The van der Waals surface area contributed by atoms with Crippen molar-refractivity contribution in [1.82, 2.24) is 0 Å². The van der Waals surface area contributed by atoms with Crippen molar-refractivity contribution < 1.29 is 18.9 Å². The second kappa shape index (κ2) is 34.6. The van der Waals surface area contributed by atoms with E-state index in [1.807, 2.05) is 0 Å². The number of benzene rings is 8. The topological polar surface area (TPSA) is 36.9 Å². The first-order chi connectivity index (χ1) is 44.6. The number of unbranched alkanes of at least 4 members (excludes halogenated alkanes) is 4. The van der Waals surface area contributed by atoms with Crippen LogP contribution in [-0.4, -0.2) is 26.4 Å². The fraction of sp³-hybridized carbons (Fsp3) is 0.448. The van der Waals surface area contributed by atoms with E-state index in [2.05, 4.69) is 239 Å². The molecule has 4 heteroatoms. The number of hydrogen-bond acceptors (Lipinski definition) is 4. The molecular weight excluding hydrogens is 1110 g/mol. The maximum absolute atomic E-state index is 6.45. The molecule has 0 bridgehead atoms. The van der Waals surface area contributed by atoms with Gasteiger partial charge in [0.2, 0.25) is 0 Å². The van der Waals surface area contributed by atoms with E-state index in [4.69, 9.17) is 18.9 Å². The minimum Gasteiger partial charge on any atom is -0.493 e. The molecule has 482 valence electrons. The molecule has 4 nitrogen and oxygen atoms in total. The molecule has 4 unspecified atom stereocenters. The number of hydrogen-bond donors (Lipinski definition) is 0. The van der Waals surface area contributed by atoms with Crippen LogP contribution in [0.15, 0.2) is 170 Å². The summed E-state index contributed by atoms with van der Waals surface area (Å²) in [5.41, 5.74) is 19.9. The lowest BCUT2D eigenvalue weighted by atomic mass is 9.70. The summed E-state index contributed by atoms with van der Waals surface area (Å²) in [4.78, 5) is 0. The fourth-order valence-corrected chi connectivity index (χ4v) is 14.0. The first-order valence-electron chi connectivity index (χ1n) is 36.1. The largest absolute Gasteiger partial charge is 0.493 e. The van der Waals surface area contributed by atoms with Crippen LogP contribution in [-0.2, 0) is 5.41 Å². The lowest BCUT2D eigenvalue weighted by Gasteiger charge is -2.32. The third-order valence-electron chi connectivity index (χ3n) is 20.1. The normalized spacial score (nSPS) is 13.7. The first kappa shape index (κ1) is 68.3. The molecule has 8 aromatic carbocycles. The molecule has 0 spiro atoms. The van der Waals surface area contributed by atoms with Gasteiger partial charge < -0.3 is 18.9 Å². The van der Waals surface area contributed by atoms with Crippen molar-refractivity contribution in [3.05, 3.63) is 181 Å². The van der Waals surface area contributed by atoms with Gasteiger partial charge >= 0.3 is 0 Å². The van der Waals surface area contributed by atoms with Crippen LogP contribution in [0.4, 0.5) is 0 Å². The molecule has 0 amide bonds. The zero-order valence-electron chi connectivity index (χ0n) is 57.6. The predicted octanol–water partition coefficient (Wildman–Crippen LogP) is 25.9. The number of rotatable bonds is 38. The monoisotopic (exact) mass is 1220 g/mol. The van der Waals surface area contributed by atoms with Gasteiger partial charge in [-0.3, -0.25) is 0 Å². The van der Waals surface area contributed by atoms with Gasteiger partial charge in [0.05, 0.1) is 26.4 Å². The van der Waals surface area contributed by atoms with E-state index >= 15 is 0 Å². The molecule has 8 aromatic rings. The molecule has 0 fully saturated rings. The van der Waals surface area contributed by atoms with Crippen LogP contribution in [0.3, 0.4) is 0 Å². The Bertz CT molecular complexity index is 3070. The van der Waals surface area contributed by atoms with Gasteiger partial charge in [0, 0.05) is 5.41 Å². The van der Waals surface area contributed by atoms with Crippen molar-refractivity contribution in [3.8, 4) is 101 Å². The van der Waals surface area contributed by atoms with Crippen LogP contribution in [0, 0.1) is 23.7 Å². The quantitative estimate of drug-likeness (QED) is 0.0386. The molecule has 9 rings (SSSR count). The second-order valence-electron chi connectivity index (χ2n) is 26.7. The zero-order chi connectivity index (χ0) is 64.0. The minimum atomic E-state index is -0.153. The molecular formula is C87H110O4. The zero-order valence-corrected chi connectivity index (χ0v) is 57.6. The molecule has 0 saturated carbocycles. The third kappa shape index (κ3) is 17.8. The Morgan fingerprint density at radius 3 is 0.703 bits per heavy atom. The maximum Gasteiger partial charge on any atom is 0.119 e. The van der Waals surface area contributed by atoms with Crippen molar-refractivity contribution in [3.63, 3.8) is 0 Å². The summed E-state index contributed by atoms with van der Waals surface area (Å²) in [5.74, 6) is 6.06. The Kier molecular flexibility index (Phi) is 26.0. The summed E-state index contributed by atoms with van der Waals surface area (Å²) in [6, 6.07) is 64.5. The first-order valence-corrected chi connectivity index (χ1v) is 36.1. The summed E-state index contributed by atoms with van der Waals surface area (Å²) < 4.78 is 25.8. The van der Waals surface area contributed by atoms with Gasteiger partial charge in [-0.05, 0) is 248 Å². The van der Waals surface area contributed by atoms with Gasteiger partial charge in [-0.15, -0.1) is 0 Å². The molecule has 0 heterocycles. The highest BCUT2D eigenvalue weighted by molar-refractivity contribution is 5.89. The summed E-state index contributed by atoms with van der Waals surface area (Å²) in [5, 5.41) is 0. The molecule has 1 aliphatic rings. The number of ether oxygens (including phenoxy) is 4. The highest BCUT2D eigenvalue weighted by Crippen LogP contribution is 2.56. The number of fused-ring (bicyclic) bond motifs is 3. The lowest BCUT2D eigenvalue weighted by molar-refractivity contribution is 0.233. The van der Waals surface area contributed by atoms with Gasteiger partial charge in [-0.25, -0.2) is 0 Å². The molecule has 0 N–H and O–H groups in total. The van der Waals surface area contributed by atoms with Gasteiger partial charge in [-0.1, -0.05) is 232 Å². The van der Waals surface area contributed by atoms with E-state index in [0.717, 1.165) is 101 Å². The van der Waals surface area contributed by atoms with Gasteiger partial charge in [0.15, 0.2) is 0 Å². The summed E-state index contributed by atoms with van der Waals surface area (Å²) >= 11 is 0. The van der Waals surface area contributed by atoms with Crippen molar-refractivity contribution >= 4 is 0 Å². The highest BCUT2D eigenvalue weighted by Gasteiger charge is 2.42. The van der Waals surface area contributed by atoms with Crippen LogP contribution in [0.2, 0.25) is 0 Å². The Hall–Kier alpha value is -7.04. The highest BCUT2D eigenvalue weighted by atomic mass is 16.5. The molecule has 4 atom stereocenters. The van der Waals surface area contributed by atoms with Crippen molar-refractivity contribution in [2.45, 2.75) is 203 Å². The van der Waals surface area contributed by atoms with E-state index < -0.39 is 0 Å². The summed E-state index contributed by atoms with van der Waals surface area (Å²) in [6.07, 6.45) is 23.6. The SMILES string of the molecule is CCCCC(CC)COc1ccc(-c2cc(-c3ccc(OCC(CC)CCCC)cc3)cc(-c3ccc4c(c3)C(CCC)(CCC)c3cc(-c5cc(-c6ccc(OCC(CC)CCCC)cc6)cc(-c6ccc(OCC(CC)CCCC)cc6)c5)ccc3-4)c2)cc1. The van der Waals surface area contributed by atoms with Crippen LogP contribution < -0.4 is 18.9 Å². The average Bonchev–Trinajstić information content (AvgIpc) is 1.57. The summed E-state index contributed by atoms with van der Waals surface area (Å²) in [6.45, 7) is 26.0. The predicted molar refractivity (Wildman–Crippen MR) is 390 cm³/mol. The van der Waals surface area contributed by atoms with Crippen LogP contribution in [0.25, 0.3) is 77.9 Å². The maximum atomic E-state index is 6.45. The van der Waals surface area contributed by atoms with Gasteiger partial charge in [0.25, 0.3) is 0 Å². The smallest absolute Gasteiger partial charge is 0.119 e. The second-order valence-corrected chi connectivity index (χ2v) is 26.7. The van der Waals surface area contributed by atoms with Crippen LogP contribution >= 0.6 is 0 Å². The van der Waals surface area contributed by atoms with E-state index in [1.165, 1.54) is 166 Å². The molecule has 0 aromatic heterocycles. The fourth-order valence-electron chi connectivity index (χ4n) is 14.0. The molecule has 91 heavy (non-hydrogen) atoms. The minimum absolute atomic E-state index is 0.153. The third-order valence-corrected chi connectivity index (χ3v) is 20.1. The van der Waals surface area contributed by atoms with Crippen LogP contribution in [0.1, 0.15) is 209 Å². The Morgan fingerprint density at radius 1 is 0.253 bits per heavy atom. The van der Waals surface area contributed by atoms with Crippen molar-refractivity contribution in [2.24, 2.45) is 23.7 Å². The van der Waals surface area contributed by atoms with E-state index in [0.29, 0.717) is 23.7 Å². The van der Waals surface area contributed by atoms with Crippen LogP contribution in [0.5, 0.6) is 23.0 Å². The lowest BCUT2D eigenvalue weighted by Crippen LogP contribution is -2.25. The van der Waals surface area contributed by atoms with Gasteiger partial charge in [0.1, 0.15) is 23.0 Å². The van der Waals surface area contributed by atoms with Crippen molar-refractivity contribution in [1.29, 1.82) is 0 Å². The molecule has 0 radical (unpaired) electrons.